The zero-order valence-electron chi connectivity index (χ0n) is 14.3. The van der Waals surface area contributed by atoms with Crippen LogP contribution >= 0.6 is 11.3 Å². The summed E-state index contributed by atoms with van der Waals surface area (Å²) in [5.74, 6) is -0.330. The molecule has 1 atom stereocenters. The summed E-state index contributed by atoms with van der Waals surface area (Å²) >= 11 is 1.68. The first-order valence-corrected chi connectivity index (χ1v) is 9.03. The fourth-order valence-corrected chi connectivity index (χ4v) is 3.16. The molecule has 128 valence electrons. The maximum absolute atomic E-state index is 12.5. The molecule has 2 N–H and O–H groups in total. The van der Waals surface area contributed by atoms with E-state index in [9.17, 15) is 9.59 Å². The van der Waals surface area contributed by atoms with E-state index in [1.807, 2.05) is 50.4 Å². The zero-order valence-corrected chi connectivity index (χ0v) is 15.2. The van der Waals surface area contributed by atoms with E-state index in [0.29, 0.717) is 12.1 Å². The summed E-state index contributed by atoms with van der Waals surface area (Å²) in [5, 5.41) is 7.82. The predicted octanol–water partition coefficient (Wildman–Crippen LogP) is 3.17. The Morgan fingerprint density at radius 1 is 1.12 bits per heavy atom. The molecule has 0 bridgehead atoms. The molecule has 24 heavy (non-hydrogen) atoms. The summed E-state index contributed by atoms with van der Waals surface area (Å²) in [4.78, 5) is 26.1. The van der Waals surface area contributed by atoms with Crippen LogP contribution in [0.2, 0.25) is 0 Å². The van der Waals surface area contributed by atoms with Crippen molar-refractivity contribution in [1.29, 1.82) is 0 Å². The second kappa shape index (κ2) is 8.64. The molecule has 0 spiro atoms. The molecule has 1 heterocycles. The molecule has 0 aliphatic rings. The number of carbonyl (C=O) groups is 2. The largest absolute Gasteiger partial charge is 0.354 e. The highest BCUT2D eigenvalue weighted by Crippen LogP contribution is 2.10. The van der Waals surface area contributed by atoms with Crippen LogP contribution in [0.5, 0.6) is 0 Å². The maximum atomic E-state index is 12.5. The second-order valence-corrected chi connectivity index (χ2v) is 7.16. The number of hydrogen-bond donors (Lipinski definition) is 2. The van der Waals surface area contributed by atoms with E-state index in [0.717, 1.165) is 12.0 Å². The summed E-state index contributed by atoms with van der Waals surface area (Å²) < 4.78 is 0. The third-order valence-electron chi connectivity index (χ3n) is 3.88. The van der Waals surface area contributed by atoms with Crippen molar-refractivity contribution in [2.24, 2.45) is 5.92 Å². The molecular formula is C19H24N2O2S. The van der Waals surface area contributed by atoms with Gasteiger partial charge in [0.2, 0.25) is 5.91 Å². The van der Waals surface area contributed by atoms with Gasteiger partial charge in [-0.15, -0.1) is 11.3 Å². The average Bonchev–Trinajstić information content (AvgIpc) is 3.05. The lowest BCUT2D eigenvalue weighted by Crippen LogP contribution is -2.50. The van der Waals surface area contributed by atoms with Crippen LogP contribution in [0.4, 0.5) is 0 Å². The van der Waals surface area contributed by atoms with Crippen molar-refractivity contribution in [2.75, 3.05) is 6.54 Å². The molecule has 0 radical (unpaired) electrons. The molecule has 0 saturated heterocycles. The normalized spacial score (nSPS) is 12.0. The minimum Gasteiger partial charge on any atom is -0.354 e. The number of nitrogens with one attached hydrogen (secondary N) is 2. The van der Waals surface area contributed by atoms with Crippen molar-refractivity contribution in [3.05, 3.63) is 57.8 Å². The first kappa shape index (κ1) is 18.2. The van der Waals surface area contributed by atoms with Crippen LogP contribution in [0, 0.1) is 12.8 Å². The molecule has 0 aliphatic heterocycles. The Balaban J connectivity index is 1.94. The quantitative estimate of drug-likeness (QED) is 0.810. The van der Waals surface area contributed by atoms with Crippen molar-refractivity contribution in [3.8, 4) is 0 Å². The van der Waals surface area contributed by atoms with Gasteiger partial charge in [-0.2, -0.15) is 0 Å². The summed E-state index contributed by atoms with van der Waals surface area (Å²) in [6.07, 6.45) is 0.806. The molecule has 0 fully saturated rings. The van der Waals surface area contributed by atoms with Crippen molar-refractivity contribution >= 4 is 23.2 Å². The van der Waals surface area contributed by atoms with Gasteiger partial charge in [0.05, 0.1) is 0 Å². The first-order valence-electron chi connectivity index (χ1n) is 8.15. The van der Waals surface area contributed by atoms with E-state index >= 15 is 0 Å². The molecule has 0 aliphatic carbocycles. The highest BCUT2D eigenvalue weighted by Gasteiger charge is 2.24. The van der Waals surface area contributed by atoms with Crippen molar-refractivity contribution in [2.45, 2.75) is 33.2 Å². The number of carbonyl (C=O) groups excluding carboxylic acids is 2. The molecule has 2 aromatic rings. The third-order valence-corrected chi connectivity index (χ3v) is 4.81. The predicted molar refractivity (Wildman–Crippen MR) is 98.3 cm³/mol. The van der Waals surface area contributed by atoms with Crippen LogP contribution in [-0.2, 0) is 11.2 Å². The molecule has 4 nitrogen and oxygen atoms in total. The number of benzene rings is 1. The van der Waals surface area contributed by atoms with Gasteiger partial charge in [0, 0.05) is 17.0 Å². The summed E-state index contributed by atoms with van der Waals surface area (Å²) in [6, 6.07) is 10.9. The standard InChI is InChI=1S/C19H24N2O2S/c1-13(2)17(19(23)20-11-10-15-8-6-12-24-15)21-18(22)16-9-5-4-7-14(16)3/h4-9,12-13,17H,10-11H2,1-3H3,(H,20,23)(H,21,22). The number of hydrogen-bond acceptors (Lipinski definition) is 3. The lowest BCUT2D eigenvalue weighted by atomic mass is 10.0. The van der Waals surface area contributed by atoms with Gasteiger partial charge in [0.1, 0.15) is 6.04 Å². The number of aryl methyl sites for hydroxylation is 1. The molecular weight excluding hydrogens is 320 g/mol. The van der Waals surface area contributed by atoms with E-state index in [1.165, 1.54) is 4.88 Å². The topological polar surface area (TPSA) is 58.2 Å². The maximum Gasteiger partial charge on any atom is 0.252 e. The molecule has 2 rings (SSSR count). The van der Waals surface area contributed by atoms with Crippen molar-refractivity contribution in [1.82, 2.24) is 10.6 Å². The minimum atomic E-state index is -0.541. The van der Waals surface area contributed by atoms with Crippen LogP contribution in [0.25, 0.3) is 0 Å². The van der Waals surface area contributed by atoms with Gasteiger partial charge in [0.15, 0.2) is 0 Å². The summed E-state index contributed by atoms with van der Waals surface area (Å²) in [5.41, 5.74) is 1.50. The Hall–Kier alpha value is -2.14. The molecule has 2 amide bonds. The Labute approximate surface area is 147 Å². The Morgan fingerprint density at radius 3 is 2.50 bits per heavy atom. The lowest BCUT2D eigenvalue weighted by Gasteiger charge is -2.22. The van der Waals surface area contributed by atoms with Crippen LogP contribution in [0.15, 0.2) is 41.8 Å². The van der Waals surface area contributed by atoms with Gasteiger partial charge in [0.25, 0.3) is 5.91 Å². The van der Waals surface area contributed by atoms with E-state index in [1.54, 1.807) is 17.4 Å². The van der Waals surface area contributed by atoms with Crippen LogP contribution < -0.4 is 10.6 Å². The summed E-state index contributed by atoms with van der Waals surface area (Å²) in [7, 11) is 0. The fourth-order valence-electron chi connectivity index (χ4n) is 2.46. The van der Waals surface area contributed by atoms with Crippen molar-refractivity contribution < 1.29 is 9.59 Å². The Kier molecular flexibility index (Phi) is 6.55. The Bertz CT molecular complexity index is 680. The van der Waals surface area contributed by atoms with E-state index in [2.05, 4.69) is 16.7 Å². The van der Waals surface area contributed by atoms with Gasteiger partial charge in [-0.25, -0.2) is 0 Å². The van der Waals surface area contributed by atoms with E-state index < -0.39 is 6.04 Å². The summed E-state index contributed by atoms with van der Waals surface area (Å²) in [6.45, 7) is 6.33. The van der Waals surface area contributed by atoms with E-state index in [-0.39, 0.29) is 17.7 Å². The number of rotatable bonds is 7. The second-order valence-electron chi connectivity index (χ2n) is 6.13. The monoisotopic (exact) mass is 344 g/mol. The molecule has 1 unspecified atom stereocenters. The first-order chi connectivity index (χ1) is 11.5. The molecule has 1 aromatic carbocycles. The van der Waals surface area contributed by atoms with Crippen molar-refractivity contribution in [3.63, 3.8) is 0 Å². The van der Waals surface area contributed by atoms with Crippen LogP contribution in [-0.4, -0.2) is 24.4 Å². The van der Waals surface area contributed by atoms with Gasteiger partial charge in [-0.3, -0.25) is 9.59 Å². The van der Waals surface area contributed by atoms with E-state index in [4.69, 9.17) is 0 Å². The minimum absolute atomic E-state index is 0.0136. The molecule has 0 saturated carbocycles. The van der Waals surface area contributed by atoms with Gasteiger partial charge >= 0.3 is 0 Å². The number of amides is 2. The van der Waals surface area contributed by atoms with Gasteiger partial charge < -0.3 is 10.6 Å². The molecule has 1 aromatic heterocycles. The third kappa shape index (κ3) is 4.93. The van der Waals surface area contributed by atoms with Crippen LogP contribution in [0.3, 0.4) is 0 Å². The lowest BCUT2D eigenvalue weighted by molar-refractivity contribution is -0.123. The average molecular weight is 344 g/mol. The van der Waals surface area contributed by atoms with Gasteiger partial charge in [-0.1, -0.05) is 38.1 Å². The van der Waals surface area contributed by atoms with Gasteiger partial charge in [-0.05, 0) is 42.3 Å². The van der Waals surface area contributed by atoms with Crippen LogP contribution in [0.1, 0.15) is 34.6 Å². The Morgan fingerprint density at radius 2 is 1.88 bits per heavy atom. The highest BCUT2D eigenvalue weighted by atomic mass is 32.1. The SMILES string of the molecule is Cc1ccccc1C(=O)NC(C(=O)NCCc1cccs1)C(C)C. The highest BCUT2D eigenvalue weighted by molar-refractivity contribution is 7.09. The number of thiophene rings is 1. The zero-order chi connectivity index (χ0) is 17.5. The smallest absolute Gasteiger partial charge is 0.252 e. The fraction of sp³-hybridized carbons (Fsp3) is 0.368. The molecule has 5 heteroatoms.